The Morgan fingerprint density at radius 1 is 1.06 bits per heavy atom. The lowest BCUT2D eigenvalue weighted by atomic mass is 10.2. The summed E-state index contributed by atoms with van der Waals surface area (Å²) in [5, 5.41) is 22.7. The Morgan fingerprint density at radius 2 is 1.74 bits per heavy atom. The summed E-state index contributed by atoms with van der Waals surface area (Å²) < 4.78 is 6.42. The fraction of sp³-hybridized carbons (Fsp3) is 0.316. The Balaban J connectivity index is 1.46. The van der Waals surface area contributed by atoms with Gasteiger partial charge in [-0.3, -0.25) is 19.7 Å². The van der Waals surface area contributed by atoms with E-state index in [2.05, 4.69) is 15.5 Å². The van der Waals surface area contributed by atoms with Gasteiger partial charge in [0.1, 0.15) is 0 Å². The summed E-state index contributed by atoms with van der Waals surface area (Å²) in [7, 11) is 0. The zero-order valence-corrected chi connectivity index (χ0v) is 16.9. The molecule has 1 aromatic carbocycles. The van der Waals surface area contributed by atoms with Crippen LogP contribution in [0, 0.1) is 24.0 Å². The molecule has 0 unspecified atom stereocenters. The molecule has 0 spiro atoms. The fourth-order valence-electron chi connectivity index (χ4n) is 3.39. The second kappa shape index (κ2) is 7.97. The van der Waals surface area contributed by atoms with Crippen LogP contribution in [0.15, 0.2) is 34.9 Å². The maximum Gasteiger partial charge on any atom is 0.292 e. The van der Waals surface area contributed by atoms with Gasteiger partial charge in [-0.05, 0) is 19.9 Å². The molecule has 2 amide bonds. The van der Waals surface area contributed by atoms with Gasteiger partial charge in [0.05, 0.1) is 22.0 Å². The summed E-state index contributed by atoms with van der Waals surface area (Å²) in [6, 6.07) is 7.52. The van der Waals surface area contributed by atoms with Gasteiger partial charge in [-0.1, -0.05) is 16.4 Å². The SMILES string of the molecule is Cc1cc(C(=O)N2CCN(C(=O)c3nnn(-c4cccc([N+](=O)[O-])c4)c3C)CC2)on1. The average molecular weight is 425 g/mol. The van der Waals surface area contributed by atoms with E-state index in [-0.39, 0.29) is 29.0 Å². The molecule has 1 saturated heterocycles. The van der Waals surface area contributed by atoms with Crippen LogP contribution in [0.1, 0.15) is 32.4 Å². The van der Waals surface area contributed by atoms with Crippen LogP contribution < -0.4 is 0 Å². The molecule has 0 N–H and O–H groups in total. The van der Waals surface area contributed by atoms with Gasteiger partial charge in [0, 0.05) is 44.4 Å². The Kier molecular flexibility index (Phi) is 5.19. The van der Waals surface area contributed by atoms with Gasteiger partial charge in [-0.15, -0.1) is 5.10 Å². The molecule has 0 saturated carbocycles. The van der Waals surface area contributed by atoms with E-state index >= 15 is 0 Å². The first-order valence-corrected chi connectivity index (χ1v) is 9.54. The Morgan fingerprint density at radius 3 is 2.35 bits per heavy atom. The number of benzene rings is 1. The van der Waals surface area contributed by atoms with Crippen molar-refractivity contribution >= 4 is 17.5 Å². The second-order valence-corrected chi connectivity index (χ2v) is 7.13. The lowest BCUT2D eigenvalue weighted by Crippen LogP contribution is -2.50. The summed E-state index contributed by atoms with van der Waals surface area (Å²) in [4.78, 5) is 39.2. The third-order valence-electron chi connectivity index (χ3n) is 5.08. The van der Waals surface area contributed by atoms with Crippen molar-refractivity contribution in [1.29, 1.82) is 0 Å². The highest BCUT2D eigenvalue weighted by Gasteiger charge is 2.29. The molecule has 3 heterocycles. The van der Waals surface area contributed by atoms with Crippen LogP contribution in [0.5, 0.6) is 0 Å². The highest BCUT2D eigenvalue weighted by molar-refractivity contribution is 5.94. The number of aryl methyl sites for hydroxylation is 1. The first kappa shape index (κ1) is 20.2. The number of nitro groups is 1. The van der Waals surface area contributed by atoms with Gasteiger partial charge in [0.2, 0.25) is 5.76 Å². The molecule has 31 heavy (non-hydrogen) atoms. The van der Waals surface area contributed by atoms with E-state index < -0.39 is 4.92 Å². The first-order chi connectivity index (χ1) is 14.8. The van der Waals surface area contributed by atoms with Crippen molar-refractivity contribution in [3.8, 4) is 5.69 Å². The Hall–Kier alpha value is -4.09. The van der Waals surface area contributed by atoms with Gasteiger partial charge in [-0.25, -0.2) is 4.68 Å². The Labute approximate surface area is 176 Å². The molecule has 12 heteroatoms. The van der Waals surface area contributed by atoms with E-state index in [1.54, 1.807) is 41.8 Å². The van der Waals surface area contributed by atoms with Crippen LogP contribution in [0.2, 0.25) is 0 Å². The number of hydrogen-bond acceptors (Lipinski definition) is 8. The predicted molar refractivity (Wildman–Crippen MR) is 106 cm³/mol. The smallest absolute Gasteiger partial charge is 0.292 e. The molecule has 1 aliphatic rings. The average Bonchev–Trinajstić information content (AvgIpc) is 3.38. The monoisotopic (exact) mass is 425 g/mol. The quantitative estimate of drug-likeness (QED) is 0.451. The minimum Gasteiger partial charge on any atom is -0.351 e. The topological polar surface area (TPSA) is 141 Å². The highest BCUT2D eigenvalue weighted by atomic mass is 16.6. The van der Waals surface area contributed by atoms with Gasteiger partial charge >= 0.3 is 0 Å². The van der Waals surface area contributed by atoms with E-state index in [9.17, 15) is 19.7 Å². The van der Waals surface area contributed by atoms with Crippen LogP contribution in [0.4, 0.5) is 5.69 Å². The van der Waals surface area contributed by atoms with Crippen molar-refractivity contribution in [2.75, 3.05) is 26.2 Å². The number of rotatable bonds is 4. The molecule has 2 aromatic heterocycles. The molecule has 160 valence electrons. The third kappa shape index (κ3) is 3.86. The number of piperazine rings is 1. The lowest BCUT2D eigenvalue weighted by molar-refractivity contribution is -0.384. The molecule has 3 aromatic rings. The van der Waals surface area contributed by atoms with Crippen LogP contribution in [-0.2, 0) is 0 Å². The summed E-state index contributed by atoms with van der Waals surface area (Å²) in [5.41, 5.74) is 1.62. The number of nitrogens with zero attached hydrogens (tertiary/aromatic N) is 7. The number of non-ortho nitro benzene ring substituents is 1. The number of amides is 2. The molecule has 1 aliphatic heterocycles. The molecule has 0 aliphatic carbocycles. The number of carbonyl (C=O) groups is 2. The molecule has 12 nitrogen and oxygen atoms in total. The molecule has 0 bridgehead atoms. The first-order valence-electron chi connectivity index (χ1n) is 9.54. The Bertz CT molecular complexity index is 1160. The molecule has 1 fully saturated rings. The van der Waals surface area contributed by atoms with Crippen molar-refractivity contribution in [3.05, 3.63) is 63.3 Å². The zero-order valence-electron chi connectivity index (χ0n) is 16.9. The maximum absolute atomic E-state index is 13.0. The van der Waals surface area contributed by atoms with E-state index in [4.69, 9.17) is 4.52 Å². The number of hydrogen-bond donors (Lipinski definition) is 0. The van der Waals surface area contributed by atoms with Crippen LogP contribution in [-0.4, -0.2) is 72.9 Å². The van der Waals surface area contributed by atoms with Crippen molar-refractivity contribution in [2.45, 2.75) is 13.8 Å². The fourth-order valence-corrected chi connectivity index (χ4v) is 3.39. The lowest BCUT2D eigenvalue weighted by Gasteiger charge is -2.33. The number of nitro benzene ring substituents is 1. The van der Waals surface area contributed by atoms with Crippen molar-refractivity contribution in [3.63, 3.8) is 0 Å². The van der Waals surface area contributed by atoms with Gasteiger partial charge in [0.25, 0.3) is 17.5 Å². The minimum absolute atomic E-state index is 0.0805. The van der Waals surface area contributed by atoms with Crippen LogP contribution in [0.3, 0.4) is 0 Å². The van der Waals surface area contributed by atoms with Crippen molar-refractivity contribution < 1.29 is 19.0 Å². The molecular formula is C19H19N7O5. The van der Waals surface area contributed by atoms with Gasteiger partial charge in [0.15, 0.2) is 5.69 Å². The molecule has 0 radical (unpaired) electrons. The number of aromatic nitrogens is 4. The van der Waals surface area contributed by atoms with Crippen LogP contribution >= 0.6 is 0 Å². The third-order valence-corrected chi connectivity index (χ3v) is 5.08. The summed E-state index contributed by atoms with van der Waals surface area (Å²) >= 11 is 0. The standard InChI is InChI=1S/C19H19N7O5/c1-12-10-16(31-21-12)18(27)23-6-8-24(9-7-23)19(28)17-13(2)25(22-20-17)14-4-3-5-15(11-14)26(29)30/h3-5,10-11H,6-9H2,1-2H3. The van der Waals surface area contributed by atoms with E-state index in [1.165, 1.54) is 16.8 Å². The predicted octanol–water partition coefficient (Wildman–Crippen LogP) is 1.38. The summed E-state index contributed by atoms with van der Waals surface area (Å²) in [6.45, 7) is 4.78. The van der Waals surface area contributed by atoms with Crippen molar-refractivity contribution in [2.24, 2.45) is 0 Å². The minimum atomic E-state index is -0.497. The second-order valence-electron chi connectivity index (χ2n) is 7.13. The normalized spacial score (nSPS) is 14.0. The number of carbonyl (C=O) groups excluding carboxylic acids is 2. The largest absolute Gasteiger partial charge is 0.351 e. The summed E-state index contributed by atoms with van der Waals surface area (Å²) in [5.74, 6) is -0.398. The maximum atomic E-state index is 13.0. The highest BCUT2D eigenvalue weighted by Crippen LogP contribution is 2.19. The van der Waals surface area contributed by atoms with E-state index in [0.717, 1.165) is 0 Å². The van der Waals surface area contributed by atoms with E-state index in [0.29, 0.717) is 43.3 Å². The molecule has 0 atom stereocenters. The van der Waals surface area contributed by atoms with E-state index in [1.807, 2.05) is 0 Å². The van der Waals surface area contributed by atoms with Crippen molar-refractivity contribution in [1.82, 2.24) is 30.0 Å². The zero-order chi connectivity index (χ0) is 22.1. The van der Waals surface area contributed by atoms with Gasteiger partial charge < -0.3 is 14.3 Å². The summed E-state index contributed by atoms with van der Waals surface area (Å²) in [6.07, 6.45) is 0. The molecular weight excluding hydrogens is 406 g/mol. The molecule has 4 rings (SSSR count). The van der Waals surface area contributed by atoms with Crippen LogP contribution in [0.25, 0.3) is 5.69 Å². The van der Waals surface area contributed by atoms with Gasteiger partial charge in [-0.2, -0.15) is 0 Å².